The van der Waals surface area contributed by atoms with Crippen LogP contribution in [-0.2, 0) is 21.6 Å². The Morgan fingerprint density at radius 3 is 2.49 bits per heavy atom. The van der Waals surface area contributed by atoms with Crippen LogP contribution in [0.5, 0.6) is 11.5 Å². The summed E-state index contributed by atoms with van der Waals surface area (Å²) >= 11 is 1.65. The van der Waals surface area contributed by atoms with E-state index in [1.54, 1.807) is 30.6 Å². The van der Waals surface area contributed by atoms with E-state index in [-0.39, 0.29) is 23.1 Å². The van der Waals surface area contributed by atoms with Crippen molar-refractivity contribution in [1.82, 2.24) is 0 Å². The smallest absolute Gasteiger partial charge is 0.306 e. The zero-order valence-corrected chi connectivity index (χ0v) is 21.8. The first-order valence-corrected chi connectivity index (χ1v) is 12.8. The molecule has 1 saturated carbocycles. The Balaban J connectivity index is 1.57. The monoisotopic (exact) mass is 496 g/mol. The predicted octanol–water partition coefficient (Wildman–Crippen LogP) is 7.50. The van der Waals surface area contributed by atoms with Crippen LogP contribution in [-0.4, -0.2) is 20.2 Å². The molecule has 1 fully saturated rings. The maximum Gasteiger partial charge on any atom is 0.306 e. The standard InChI is InChI=1S/C29H33FO4S/c1-29(2,3)28-25(24-14-20(32-4)11-12-26(24)30)15-22(35-28)17-34-21-8-6-7-19(13-21)23(18-9-10-18)16-27(31)33-5/h6-8,11-15,18,23H,9-10,16-17H2,1-5H3/t23-/m0/s1. The van der Waals surface area contributed by atoms with Gasteiger partial charge in [-0.3, -0.25) is 4.79 Å². The topological polar surface area (TPSA) is 44.8 Å². The Morgan fingerprint density at radius 2 is 1.83 bits per heavy atom. The van der Waals surface area contributed by atoms with Crippen molar-refractivity contribution in [3.8, 4) is 22.6 Å². The first-order chi connectivity index (χ1) is 16.7. The summed E-state index contributed by atoms with van der Waals surface area (Å²) in [5.74, 6) is 1.61. The molecule has 35 heavy (non-hydrogen) atoms. The zero-order valence-electron chi connectivity index (χ0n) is 21.0. The van der Waals surface area contributed by atoms with Gasteiger partial charge in [-0.1, -0.05) is 32.9 Å². The van der Waals surface area contributed by atoms with Gasteiger partial charge in [-0.15, -0.1) is 11.3 Å². The molecule has 0 N–H and O–H groups in total. The number of carbonyl (C=O) groups excluding carboxylic acids is 1. The summed E-state index contributed by atoms with van der Waals surface area (Å²) in [6.07, 6.45) is 2.67. The van der Waals surface area contributed by atoms with Crippen LogP contribution in [0.25, 0.3) is 11.1 Å². The molecular weight excluding hydrogens is 463 g/mol. The summed E-state index contributed by atoms with van der Waals surface area (Å²) in [5, 5.41) is 0. The number of rotatable bonds is 9. The number of thiophene rings is 1. The number of benzene rings is 2. The second-order valence-electron chi connectivity index (χ2n) is 10.1. The second-order valence-corrected chi connectivity index (χ2v) is 11.3. The van der Waals surface area contributed by atoms with E-state index in [1.165, 1.54) is 13.2 Å². The maximum absolute atomic E-state index is 14.8. The molecule has 4 nitrogen and oxygen atoms in total. The van der Waals surface area contributed by atoms with E-state index in [1.807, 2.05) is 24.3 Å². The summed E-state index contributed by atoms with van der Waals surface area (Å²) in [5.41, 5.74) is 2.36. The average Bonchev–Trinajstić information content (AvgIpc) is 3.58. The van der Waals surface area contributed by atoms with Gasteiger partial charge in [0.15, 0.2) is 0 Å². The molecule has 0 radical (unpaired) electrons. The van der Waals surface area contributed by atoms with Gasteiger partial charge in [0.25, 0.3) is 0 Å². The Morgan fingerprint density at radius 1 is 1.06 bits per heavy atom. The SMILES string of the molecule is COC(=O)C[C@H](c1cccc(OCc2cc(-c3cc(OC)ccc3F)c(C(C)(C)C)s2)c1)C1CC1. The van der Waals surface area contributed by atoms with Crippen molar-refractivity contribution >= 4 is 17.3 Å². The van der Waals surface area contributed by atoms with Crippen molar-refractivity contribution in [2.24, 2.45) is 5.92 Å². The van der Waals surface area contributed by atoms with Crippen LogP contribution in [0.4, 0.5) is 4.39 Å². The summed E-state index contributed by atoms with van der Waals surface area (Å²) in [4.78, 5) is 14.1. The van der Waals surface area contributed by atoms with Gasteiger partial charge in [-0.05, 0) is 77.6 Å². The van der Waals surface area contributed by atoms with Crippen LogP contribution in [0, 0.1) is 11.7 Å². The van der Waals surface area contributed by atoms with Crippen molar-refractivity contribution < 1.29 is 23.4 Å². The van der Waals surface area contributed by atoms with Gasteiger partial charge < -0.3 is 14.2 Å². The lowest BCUT2D eigenvalue weighted by Gasteiger charge is -2.19. The highest BCUT2D eigenvalue weighted by Gasteiger charge is 2.34. The molecular formula is C29H33FO4S. The highest BCUT2D eigenvalue weighted by molar-refractivity contribution is 7.12. The Labute approximate surface area is 211 Å². The molecule has 0 spiro atoms. The molecule has 1 atom stereocenters. The molecule has 1 aliphatic carbocycles. The Bertz CT molecular complexity index is 1190. The number of halogens is 1. The third kappa shape index (κ3) is 6.04. The fraction of sp³-hybridized carbons (Fsp3) is 0.414. The minimum Gasteiger partial charge on any atom is -0.497 e. The third-order valence-corrected chi connectivity index (χ3v) is 7.93. The van der Waals surface area contributed by atoms with Gasteiger partial charge in [-0.25, -0.2) is 4.39 Å². The van der Waals surface area contributed by atoms with E-state index in [9.17, 15) is 9.18 Å². The molecule has 4 rings (SSSR count). The fourth-order valence-corrected chi connectivity index (χ4v) is 5.56. The molecule has 6 heteroatoms. The minimum absolute atomic E-state index is 0.154. The lowest BCUT2D eigenvalue weighted by molar-refractivity contribution is -0.141. The molecule has 1 aliphatic rings. The normalized spacial score (nSPS) is 14.5. The van der Waals surface area contributed by atoms with Crippen molar-refractivity contribution in [3.63, 3.8) is 0 Å². The van der Waals surface area contributed by atoms with Crippen LogP contribution in [0.15, 0.2) is 48.5 Å². The maximum atomic E-state index is 14.8. The van der Waals surface area contributed by atoms with E-state index in [2.05, 4.69) is 26.8 Å². The van der Waals surface area contributed by atoms with Gasteiger partial charge in [0, 0.05) is 15.3 Å². The number of methoxy groups -OCH3 is 2. The van der Waals surface area contributed by atoms with Crippen molar-refractivity contribution in [3.05, 3.63) is 69.7 Å². The summed E-state index contributed by atoms with van der Waals surface area (Å²) in [6.45, 7) is 6.78. The van der Waals surface area contributed by atoms with Crippen molar-refractivity contribution in [2.45, 2.75) is 58.0 Å². The van der Waals surface area contributed by atoms with Crippen molar-refractivity contribution in [1.29, 1.82) is 0 Å². The van der Waals surface area contributed by atoms with E-state index in [4.69, 9.17) is 14.2 Å². The Hall–Kier alpha value is -2.86. The summed E-state index contributed by atoms with van der Waals surface area (Å²) in [6, 6.07) is 14.9. The molecule has 1 heterocycles. The second kappa shape index (κ2) is 10.4. The van der Waals surface area contributed by atoms with E-state index in [0.29, 0.717) is 30.3 Å². The van der Waals surface area contributed by atoms with Crippen LogP contribution in [0.2, 0.25) is 0 Å². The molecule has 0 unspecified atom stereocenters. The first-order valence-electron chi connectivity index (χ1n) is 12.0. The van der Waals surface area contributed by atoms with Gasteiger partial charge >= 0.3 is 5.97 Å². The van der Waals surface area contributed by atoms with Crippen LogP contribution < -0.4 is 9.47 Å². The van der Waals surface area contributed by atoms with E-state index in [0.717, 1.165) is 39.5 Å². The molecule has 0 amide bonds. The lowest BCUT2D eigenvalue weighted by atomic mass is 9.89. The molecule has 0 bridgehead atoms. The van der Waals surface area contributed by atoms with Gasteiger partial charge in [0.05, 0.1) is 20.6 Å². The average molecular weight is 497 g/mol. The molecule has 1 aromatic heterocycles. The highest BCUT2D eigenvalue weighted by atomic mass is 32.1. The number of esters is 1. The zero-order chi connectivity index (χ0) is 25.2. The van der Waals surface area contributed by atoms with Gasteiger partial charge in [-0.2, -0.15) is 0 Å². The van der Waals surface area contributed by atoms with Crippen LogP contribution >= 0.6 is 11.3 Å². The first kappa shape index (κ1) is 25.2. The molecule has 2 aromatic carbocycles. The Kier molecular flexibility index (Phi) is 7.50. The quantitative estimate of drug-likeness (QED) is 0.288. The van der Waals surface area contributed by atoms with E-state index < -0.39 is 0 Å². The highest BCUT2D eigenvalue weighted by Crippen LogP contribution is 2.45. The molecule has 186 valence electrons. The fourth-order valence-electron chi connectivity index (χ4n) is 4.42. The number of carbonyl (C=O) groups is 1. The molecule has 0 saturated heterocycles. The number of hydrogen-bond acceptors (Lipinski definition) is 5. The lowest BCUT2D eigenvalue weighted by Crippen LogP contribution is -2.10. The van der Waals surface area contributed by atoms with E-state index >= 15 is 0 Å². The van der Waals surface area contributed by atoms with Crippen LogP contribution in [0.3, 0.4) is 0 Å². The third-order valence-electron chi connectivity index (χ3n) is 6.40. The summed E-state index contributed by atoms with van der Waals surface area (Å²) in [7, 11) is 3.02. The number of ether oxygens (including phenoxy) is 3. The largest absolute Gasteiger partial charge is 0.497 e. The summed E-state index contributed by atoms with van der Waals surface area (Å²) < 4.78 is 31.2. The predicted molar refractivity (Wildman–Crippen MR) is 138 cm³/mol. The number of hydrogen-bond donors (Lipinski definition) is 0. The van der Waals surface area contributed by atoms with Gasteiger partial charge in [0.1, 0.15) is 23.9 Å². The molecule has 0 aliphatic heterocycles. The minimum atomic E-state index is -0.272. The molecule has 3 aromatic rings. The van der Waals surface area contributed by atoms with Crippen LogP contribution in [0.1, 0.15) is 61.3 Å². The van der Waals surface area contributed by atoms with Gasteiger partial charge in [0.2, 0.25) is 0 Å². The van der Waals surface area contributed by atoms with Crippen molar-refractivity contribution in [2.75, 3.05) is 14.2 Å².